The van der Waals surface area contributed by atoms with Crippen LogP contribution in [0.15, 0.2) is 42.5 Å². The molecule has 0 N–H and O–H groups in total. The highest BCUT2D eigenvalue weighted by Gasteiger charge is 2.34. The first-order chi connectivity index (χ1) is 12.6. The van der Waals surface area contributed by atoms with Crippen molar-refractivity contribution in [3.05, 3.63) is 53.8 Å². The molecule has 0 spiro atoms. The molecule has 2 aromatic carbocycles. The summed E-state index contributed by atoms with van der Waals surface area (Å²) >= 11 is 0. The summed E-state index contributed by atoms with van der Waals surface area (Å²) in [6, 6.07) is 14.0. The van der Waals surface area contributed by atoms with E-state index < -0.39 is 0 Å². The molecule has 26 heavy (non-hydrogen) atoms. The van der Waals surface area contributed by atoms with Gasteiger partial charge in [-0.05, 0) is 84.6 Å². The Labute approximate surface area is 156 Å². The minimum Gasteiger partial charge on any atom is -0.494 e. The molecule has 0 bridgehead atoms. The van der Waals surface area contributed by atoms with Crippen molar-refractivity contribution >= 4 is 0 Å². The van der Waals surface area contributed by atoms with E-state index in [0.717, 1.165) is 28.9 Å². The van der Waals surface area contributed by atoms with Crippen molar-refractivity contribution < 1.29 is 9.13 Å². The number of halogens is 1. The van der Waals surface area contributed by atoms with Crippen LogP contribution in [-0.4, -0.2) is 7.11 Å². The molecule has 2 fully saturated rings. The molecule has 0 saturated heterocycles. The molecule has 0 heterocycles. The molecule has 2 aliphatic rings. The van der Waals surface area contributed by atoms with E-state index in [9.17, 15) is 4.39 Å². The van der Waals surface area contributed by atoms with Gasteiger partial charge in [-0.15, -0.1) is 0 Å². The molecule has 4 rings (SSSR count). The van der Waals surface area contributed by atoms with Gasteiger partial charge in [0.25, 0.3) is 0 Å². The maximum Gasteiger partial charge on any atom is 0.165 e. The number of methoxy groups -OCH3 is 1. The fourth-order valence-electron chi connectivity index (χ4n) is 5.22. The van der Waals surface area contributed by atoms with Gasteiger partial charge in [0.1, 0.15) is 0 Å². The van der Waals surface area contributed by atoms with Crippen molar-refractivity contribution in [2.24, 2.45) is 17.8 Å². The van der Waals surface area contributed by atoms with E-state index in [-0.39, 0.29) is 5.82 Å². The second kappa shape index (κ2) is 7.42. The van der Waals surface area contributed by atoms with Crippen LogP contribution < -0.4 is 4.74 Å². The summed E-state index contributed by atoms with van der Waals surface area (Å²) in [5.41, 5.74) is 3.43. The Morgan fingerprint density at radius 3 is 2.27 bits per heavy atom. The number of ether oxygens (including phenoxy) is 1. The predicted molar refractivity (Wildman–Crippen MR) is 105 cm³/mol. The van der Waals surface area contributed by atoms with Gasteiger partial charge < -0.3 is 4.74 Å². The van der Waals surface area contributed by atoms with Crippen molar-refractivity contribution in [2.45, 2.75) is 51.4 Å². The molecule has 2 saturated carbocycles. The molecule has 2 aliphatic carbocycles. The Hall–Kier alpha value is -1.83. The largest absolute Gasteiger partial charge is 0.494 e. The van der Waals surface area contributed by atoms with E-state index in [1.54, 1.807) is 12.1 Å². The maximum absolute atomic E-state index is 14.0. The normalized spacial score (nSPS) is 28.4. The lowest BCUT2D eigenvalue weighted by molar-refractivity contribution is 0.124. The van der Waals surface area contributed by atoms with Crippen molar-refractivity contribution in [3.63, 3.8) is 0 Å². The van der Waals surface area contributed by atoms with Gasteiger partial charge in [-0.2, -0.15) is 0 Å². The lowest BCUT2D eigenvalue weighted by atomic mass is 9.64. The number of rotatable bonds is 3. The van der Waals surface area contributed by atoms with Crippen molar-refractivity contribution in [3.8, 4) is 16.9 Å². The Bertz CT molecular complexity index is 751. The van der Waals surface area contributed by atoms with E-state index >= 15 is 0 Å². The highest BCUT2D eigenvalue weighted by atomic mass is 19.1. The monoisotopic (exact) mass is 352 g/mol. The lowest BCUT2D eigenvalue weighted by Crippen LogP contribution is -2.29. The SMILES string of the molecule is COc1ccc(-c2ccc(C3CCC4CC(C)CCC4C3)cc2)cc1F. The van der Waals surface area contributed by atoms with Crippen molar-refractivity contribution in [1.29, 1.82) is 0 Å². The molecule has 138 valence electrons. The zero-order valence-electron chi connectivity index (χ0n) is 15.9. The lowest BCUT2D eigenvalue weighted by Gasteiger charge is -2.41. The summed E-state index contributed by atoms with van der Waals surface area (Å²) in [5, 5.41) is 0. The Morgan fingerprint density at radius 2 is 1.54 bits per heavy atom. The van der Waals surface area contributed by atoms with Gasteiger partial charge in [0.05, 0.1) is 7.11 Å². The summed E-state index contributed by atoms with van der Waals surface area (Å²) in [4.78, 5) is 0. The van der Waals surface area contributed by atoms with Crippen LogP contribution in [0.1, 0.15) is 56.9 Å². The first-order valence-corrected chi connectivity index (χ1v) is 10.1. The van der Waals surface area contributed by atoms with Gasteiger partial charge in [0.15, 0.2) is 11.6 Å². The minimum absolute atomic E-state index is 0.295. The van der Waals surface area contributed by atoms with Crippen LogP contribution in [-0.2, 0) is 0 Å². The Kier molecular flexibility index (Phi) is 5.02. The smallest absolute Gasteiger partial charge is 0.165 e. The zero-order chi connectivity index (χ0) is 18.1. The van der Waals surface area contributed by atoms with Gasteiger partial charge in [-0.1, -0.05) is 43.7 Å². The Morgan fingerprint density at radius 1 is 0.846 bits per heavy atom. The fraction of sp³-hybridized carbons (Fsp3) is 0.500. The van der Waals surface area contributed by atoms with Crippen LogP contribution in [0.25, 0.3) is 11.1 Å². The highest BCUT2D eigenvalue weighted by Crippen LogP contribution is 2.47. The van der Waals surface area contributed by atoms with Gasteiger partial charge in [0.2, 0.25) is 0 Å². The molecule has 0 aromatic heterocycles. The molecule has 0 aliphatic heterocycles. The molecule has 0 radical (unpaired) electrons. The van der Waals surface area contributed by atoms with Crippen LogP contribution in [0.2, 0.25) is 0 Å². The average Bonchev–Trinajstić information content (AvgIpc) is 2.67. The Balaban J connectivity index is 1.47. The third-order valence-corrected chi connectivity index (χ3v) is 6.74. The molecule has 4 unspecified atom stereocenters. The van der Waals surface area contributed by atoms with E-state index in [2.05, 4.69) is 31.2 Å². The van der Waals surface area contributed by atoms with Crippen LogP contribution in [0.3, 0.4) is 0 Å². The molecular formula is C24H29FO. The summed E-state index contributed by atoms with van der Waals surface area (Å²) < 4.78 is 19.0. The van der Waals surface area contributed by atoms with Crippen LogP contribution in [0, 0.1) is 23.6 Å². The first-order valence-electron chi connectivity index (χ1n) is 10.1. The highest BCUT2D eigenvalue weighted by molar-refractivity contribution is 5.64. The quantitative estimate of drug-likeness (QED) is 0.589. The topological polar surface area (TPSA) is 9.23 Å². The van der Waals surface area contributed by atoms with Crippen LogP contribution >= 0.6 is 0 Å². The molecular weight excluding hydrogens is 323 g/mol. The summed E-state index contributed by atoms with van der Waals surface area (Å²) in [5.74, 6) is 3.52. The maximum atomic E-state index is 14.0. The summed E-state index contributed by atoms with van der Waals surface area (Å²) in [6.07, 6.45) is 8.35. The molecule has 1 nitrogen and oxygen atoms in total. The van der Waals surface area contributed by atoms with Gasteiger partial charge >= 0.3 is 0 Å². The number of hydrogen-bond acceptors (Lipinski definition) is 1. The standard InChI is InChI=1S/C24H29FO/c1-16-3-4-21-14-20(10-9-19(21)13-16)17-5-7-18(8-6-17)22-11-12-24(26-2)23(25)15-22/h5-8,11-12,15-16,19-21H,3-4,9-10,13-14H2,1-2H3. The molecule has 2 aromatic rings. The second-order valence-electron chi connectivity index (χ2n) is 8.42. The third kappa shape index (κ3) is 3.51. The summed E-state index contributed by atoms with van der Waals surface area (Å²) in [6.45, 7) is 2.42. The molecule has 0 amide bonds. The minimum atomic E-state index is -0.307. The zero-order valence-corrected chi connectivity index (χ0v) is 15.9. The van der Waals surface area contributed by atoms with Crippen molar-refractivity contribution in [1.82, 2.24) is 0 Å². The van der Waals surface area contributed by atoms with E-state index in [1.165, 1.54) is 51.2 Å². The summed E-state index contributed by atoms with van der Waals surface area (Å²) in [7, 11) is 1.49. The van der Waals surface area contributed by atoms with Crippen LogP contribution in [0.4, 0.5) is 4.39 Å². The number of benzene rings is 2. The second-order valence-corrected chi connectivity index (χ2v) is 8.42. The van der Waals surface area contributed by atoms with E-state index in [4.69, 9.17) is 4.74 Å². The predicted octanol–water partition coefficient (Wildman–Crippen LogP) is 6.82. The van der Waals surface area contributed by atoms with Gasteiger partial charge in [-0.3, -0.25) is 0 Å². The van der Waals surface area contributed by atoms with E-state index in [1.807, 2.05) is 6.07 Å². The molecule has 4 atom stereocenters. The first kappa shape index (κ1) is 17.6. The number of fused-ring (bicyclic) bond motifs is 1. The van der Waals surface area contributed by atoms with E-state index in [0.29, 0.717) is 11.7 Å². The average molecular weight is 352 g/mol. The van der Waals surface area contributed by atoms with Crippen molar-refractivity contribution in [2.75, 3.05) is 7.11 Å². The van der Waals surface area contributed by atoms with Gasteiger partial charge in [0, 0.05) is 0 Å². The molecule has 2 heteroatoms. The third-order valence-electron chi connectivity index (χ3n) is 6.74. The van der Waals surface area contributed by atoms with Gasteiger partial charge in [-0.25, -0.2) is 4.39 Å². The van der Waals surface area contributed by atoms with Crippen LogP contribution in [0.5, 0.6) is 5.75 Å². The number of hydrogen-bond donors (Lipinski definition) is 0. The fourth-order valence-corrected chi connectivity index (χ4v) is 5.22.